The Hall–Kier alpha value is -1.69. The largest absolute Gasteiger partial charge is 0.384 e. The van der Waals surface area contributed by atoms with Gasteiger partial charge in [-0.25, -0.2) is 9.97 Å². The van der Waals surface area contributed by atoms with Crippen molar-refractivity contribution in [3.63, 3.8) is 0 Å². The molecule has 6 heteroatoms. The Bertz CT molecular complexity index is 647. The van der Waals surface area contributed by atoms with E-state index in [1.54, 1.807) is 12.3 Å². The van der Waals surface area contributed by atoms with Crippen LogP contribution in [-0.2, 0) is 11.3 Å². The minimum atomic E-state index is 0.190. The molecular formula is C20H33N5O. The van der Waals surface area contributed by atoms with Gasteiger partial charge in [-0.15, -0.1) is 0 Å². The van der Waals surface area contributed by atoms with Gasteiger partial charge < -0.3 is 10.6 Å². The van der Waals surface area contributed by atoms with Crippen LogP contribution >= 0.6 is 0 Å². The molecule has 1 saturated carbocycles. The summed E-state index contributed by atoms with van der Waals surface area (Å²) in [5.74, 6) is 2.42. The summed E-state index contributed by atoms with van der Waals surface area (Å²) in [5.41, 5.74) is 6.02. The fraction of sp³-hybridized carbons (Fsp3) is 0.750. The van der Waals surface area contributed by atoms with Gasteiger partial charge in [-0.2, -0.15) is 0 Å². The highest BCUT2D eigenvalue weighted by Gasteiger charge is 2.39. The molecule has 1 aliphatic heterocycles. The van der Waals surface area contributed by atoms with Gasteiger partial charge in [-0.1, -0.05) is 20.8 Å². The maximum Gasteiger partial charge on any atom is 0.225 e. The Balaban J connectivity index is 1.56. The number of nitrogens with two attached hydrogens (primary N) is 1. The molecule has 1 amide bonds. The number of likely N-dealkylation sites (N-methyl/N-ethyl adjacent to an activating group) is 1. The third kappa shape index (κ3) is 4.53. The zero-order valence-corrected chi connectivity index (χ0v) is 16.6. The lowest BCUT2D eigenvalue weighted by molar-refractivity contribution is -0.137. The van der Waals surface area contributed by atoms with E-state index < -0.39 is 0 Å². The van der Waals surface area contributed by atoms with Crippen LogP contribution in [0.25, 0.3) is 0 Å². The second-order valence-corrected chi connectivity index (χ2v) is 9.15. The first-order valence-electron chi connectivity index (χ1n) is 9.80. The van der Waals surface area contributed by atoms with Crippen molar-refractivity contribution < 1.29 is 4.79 Å². The maximum absolute atomic E-state index is 13.1. The number of nitrogen functional groups attached to an aromatic ring is 1. The first-order valence-corrected chi connectivity index (χ1v) is 9.80. The second kappa shape index (κ2) is 7.51. The summed E-state index contributed by atoms with van der Waals surface area (Å²) < 4.78 is 0. The van der Waals surface area contributed by atoms with Gasteiger partial charge in [-0.3, -0.25) is 9.69 Å². The second-order valence-electron chi connectivity index (χ2n) is 9.15. The van der Waals surface area contributed by atoms with Crippen molar-refractivity contribution in [3.8, 4) is 0 Å². The van der Waals surface area contributed by atoms with Crippen molar-refractivity contribution in [1.82, 2.24) is 19.8 Å². The van der Waals surface area contributed by atoms with E-state index >= 15 is 0 Å². The SMILES string of the molecule is CC1CC(C(=O)N2CCC(N(C)Cc3nccc(N)n3)C2)CC(C)(C)C1. The van der Waals surface area contributed by atoms with Gasteiger partial charge >= 0.3 is 0 Å². The van der Waals surface area contributed by atoms with Crippen molar-refractivity contribution in [2.45, 2.75) is 59.0 Å². The fourth-order valence-electron chi connectivity index (χ4n) is 4.94. The van der Waals surface area contributed by atoms with Gasteiger partial charge in [0, 0.05) is 31.2 Å². The Morgan fingerprint density at radius 3 is 2.88 bits per heavy atom. The molecule has 0 aromatic carbocycles. The van der Waals surface area contributed by atoms with E-state index in [4.69, 9.17) is 5.73 Å². The molecule has 2 aliphatic rings. The molecule has 2 heterocycles. The smallest absolute Gasteiger partial charge is 0.225 e. The van der Waals surface area contributed by atoms with Crippen LogP contribution in [-0.4, -0.2) is 51.9 Å². The summed E-state index contributed by atoms with van der Waals surface area (Å²) >= 11 is 0. The van der Waals surface area contributed by atoms with Crippen LogP contribution in [0.4, 0.5) is 5.82 Å². The molecule has 1 aromatic heterocycles. The van der Waals surface area contributed by atoms with Crippen molar-refractivity contribution in [3.05, 3.63) is 18.1 Å². The van der Waals surface area contributed by atoms with E-state index in [-0.39, 0.29) is 11.3 Å². The highest BCUT2D eigenvalue weighted by Crippen LogP contribution is 2.42. The molecule has 1 saturated heterocycles. The standard InChI is InChI=1S/C20H33N5O/c1-14-9-15(11-20(2,3)10-14)19(26)25-8-6-16(12-25)24(4)13-18-22-7-5-17(21)23-18/h5,7,14-16H,6,8-13H2,1-4H3,(H2,21,22,23). The van der Waals surface area contributed by atoms with Gasteiger partial charge in [0.25, 0.3) is 0 Å². The van der Waals surface area contributed by atoms with E-state index in [0.29, 0.717) is 30.2 Å². The summed E-state index contributed by atoms with van der Waals surface area (Å²) in [6, 6.07) is 2.06. The number of hydrogen-bond donors (Lipinski definition) is 1. The van der Waals surface area contributed by atoms with Crippen LogP contribution in [0.15, 0.2) is 12.3 Å². The van der Waals surface area contributed by atoms with Crippen LogP contribution in [0.2, 0.25) is 0 Å². The Kier molecular flexibility index (Phi) is 5.51. The number of amides is 1. The lowest BCUT2D eigenvalue weighted by Gasteiger charge is -2.39. The quantitative estimate of drug-likeness (QED) is 0.894. The molecule has 26 heavy (non-hydrogen) atoms. The number of nitrogens with zero attached hydrogens (tertiary/aromatic N) is 4. The van der Waals surface area contributed by atoms with Crippen LogP contribution in [0.3, 0.4) is 0 Å². The molecule has 3 atom stereocenters. The average Bonchev–Trinajstić information content (AvgIpc) is 3.02. The number of rotatable bonds is 4. The minimum absolute atomic E-state index is 0.190. The molecule has 1 aliphatic carbocycles. The highest BCUT2D eigenvalue weighted by atomic mass is 16.2. The number of carbonyl (C=O) groups excluding carboxylic acids is 1. The third-order valence-electron chi connectivity index (χ3n) is 5.95. The molecule has 0 bridgehead atoms. The molecule has 2 N–H and O–H groups in total. The molecule has 0 radical (unpaired) electrons. The first-order chi connectivity index (χ1) is 12.2. The van der Waals surface area contributed by atoms with Crippen LogP contribution in [0.5, 0.6) is 0 Å². The van der Waals surface area contributed by atoms with Crippen molar-refractivity contribution in [1.29, 1.82) is 0 Å². The number of likely N-dealkylation sites (tertiary alicyclic amines) is 1. The normalized spacial score (nSPS) is 28.5. The minimum Gasteiger partial charge on any atom is -0.384 e. The molecule has 3 rings (SSSR count). The maximum atomic E-state index is 13.1. The van der Waals surface area contributed by atoms with Crippen molar-refractivity contribution >= 4 is 11.7 Å². The summed E-state index contributed by atoms with van der Waals surface area (Å²) in [5, 5.41) is 0. The lowest BCUT2D eigenvalue weighted by atomic mass is 9.67. The fourth-order valence-corrected chi connectivity index (χ4v) is 4.94. The molecule has 1 aromatic rings. The van der Waals surface area contributed by atoms with E-state index in [2.05, 4.69) is 47.6 Å². The van der Waals surface area contributed by atoms with E-state index in [1.807, 2.05) is 0 Å². The average molecular weight is 360 g/mol. The molecule has 6 nitrogen and oxygen atoms in total. The Labute approximate surface area is 157 Å². The van der Waals surface area contributed by atoms with Crippen LogP contribution < -0.4 is 5.73 Å². The summed E-state index contributed by atoms with van der Waals surface area (Å²) in [6.07, 6.45) is 5.99. The number of carbonyl (C=O) groups is 1. The molecule has 0 spiro atoms. The van der Waals surface area contributed by atoms with Gasteiger partial charge in [0.2, 0.25) is 5.91 Å². The van der Waals surface area contributed by atoms with Crippen molar-refractivity contribution in [2.24, 2.45) is 17.3 Å². The lowest BCUT2D eigenvalue weighted by Crippen LogP contribution is -2.42. The van der Waals surface area contributed by atoms with Crippen molar-refractivity contribution in [2.75, 3.05) is 25.9 Å². The number of aromatic nitrogens is 2. The number of anilines is 1. The van der Waals surface area contributed by atoms with Gasteiger partial charge in [-0.05, 0) is 50.1 Å². The van der Waals surface area contributed by atoms with E-state index in [0.717, 1.165) is 38.2 Å². The predicted octanol–water partition coefficient (Wildman–Crippen LogP) is 2.55. The predicted molar refractivity (Wildman–Crippen MR) is 103 cm³/mol. The van der Waals surface area contributed by atoms with E-state index in [1.165, 1.54) is 6.42 Å². The molecule has 2 fully saturated rings. The summed E-state index contributed by atoms with van der Waals surface area (Å²) in [7, 11) is 2.08. The zero-order chi connectivity index (χ0) is 18.9. The Morgan fingerprint density at radius 2 is 2.19 bits per heavy atom. The Morgan fingerprint density at radius 1 is 1.42 bits per heavy atom. The highest BCUT2D eigenvalue weighted by molar-refractivity contribution is 5.79. The summed E-state index contributed by atoms with van der Waals surface area (Å²) in [6.45, 7) is 9.21. The van der Waals surface area contributed by atoms with E-state index in [9.17, 15) is 4.79 Å². The monoisotopic (exact) mass is 359 g/mol. The van der Waals surface area contributed by atoms with Crippen LogP contribution in [0, 0.1) is 17.3 Å². The summed E-state index contributed by atoms with van der Waals surface area (Å²) in [4.78, 5) is 26.0. The molecular weight excluding hydrogens is 326 g/mol. The number of hydrogen-bond acceptors (Lipinski definition) is 5. The molecule has 3 unspecified atom stereocenters. The van der Waals surface area contributed by atoms with Gasteiger partial charge in [0.1, 0.15) is 11.6 Å². The zero-order valence-electron chi connectivity index (χ0n) is 16.6. The third-order valence-corrected chi connectivity index (χ3v) is 5.95. The topological polar surface area (TPSA) is 75.4 Å². The van der Waals surface area contributed by atoms with Gasteiger partial charge in [0.15, 0.2) is 0 Å². The van der Waals surface area contributed by atoms with Crippen LogP contribution in [0.1, 0.15) is 52.3 Å². The van der Waals surface area contributed by atoms with Gasteiger partial charge in [0.05, 0.1) is 6.54 Å². The molecule has 144 valence electrons. The first kappa shape index (κ1) is 19.1.